The number of hydrogen-bond donors (Lipinski definition) is 2. The summed E-state index contributed by atoms with van der Waals surface area (Å²) in [4.78, 5) is 40.8. The zero-order valence-corrected chi connectivity index (χ0v) is 15.2. The second-order valence-corrected chi connectivity index (χ2v) is 7.94. The SMILES string of the molecule is Cc1[nH]c(=O)[nH]c(=O)c1S(=O)(=O)N1CCN(C(=O)c2ccc(F)cc2)CC1. The molecule has 2 heterocycles. The number of amides is 1. The van der Waals surface area contributed by atoms with Crippen LogP contribution in [0.2, 0.25) is 0 Å². The maximum atomic E-state index is 13.0. The topological polar surface area (TPSA) is 123 Å². The predicted molar refractivity (Wildman–Crippen MR) is 93.5 cm³/mol. The molecule has 1 aromatic carbocycles. The van der Waals surface area contributed by atoms with Crippen molar-refractivity contribution in [2.45, 2.75) is 11.8 Å². The van der Waals surface area contributed by atoms with E-state index in [0.29, 0.717) is 5.56 Å². The lowest BCUT2D eigenvalue weighted by Gasteiger charge is -2.34. The number of H-pyrrole nitrogens is 2. The van der Waals surface area contributed by atoms with Gasteiger partial charge in [0.2, 0.25) is 10.0 Å². The van der Waals surface area contributed by atoms with E-state index in [1.54, 1.807) is 0 Å². The van der Waals surface area contributed by atoms with E-state index in [-0.39, 0.29) is 37.8 Å². The van der Waals surface area contributed by atoms with Crippen molar-refractivity contribution >= 4 is 15.9 Å². The van der Waals surface area contributed by atoms with Gasteiger partial charge in [-0.25, -0.2) is 17.6 Å². The zero-order chi connectivity index (χ0) is 19.8. The van der Waals surface area contributed by atoms with Gasteiger partial charge in [0.1, 0.15) is 5.82 Å². The van der Waals surface area contributed by atoms with Gasteiger partial charge >= 0.3 is 5.69 Å². The molecule has 0 aliphatic carbocycles. The second-order valence-electron chi connectivity index (χ2n) is 6.07. The molecule has 0 spiro atoms. The molecule has 0 unspecified atom stereocenters. The summed E-state index contributed by atoms with van der Waals surface area (Å²) in [6, 6.07) is 5.09. The summed E-state index contributed by atoms with van der Waals surface area (Å²) in [5.41, 5.74) is -1.51. The summed E-state index contributed by atoms with van der Waals surface area (Å²) < 4.78 is 39.6. The molecule has 0 atom stereocenters. The van der Waals surface area contributed by atoms with E-state index in [4.69, 9.17) is 0 Å². The van der Waals surface area contributed by atoms with Crippen molar-refractivity contribution in [1.82, 2.24) is 19.2 Å². The fraction of sp³-hybridized carbons (Fsp3) is 0.312. The molecule has 1 saturated heterocycles. The van der Waals surface area contributed by atoms with Crippen molar-refractivity contribution in [2.75, 3.05) is 26.2 Å². The zero-order valence-electron chi connectivity index (χ0n) is 14.4. The summed E-state index contributed by atoms with van der Waals surface area (Å²) in [6.07, 6.45) is 0. The van der Waals surface area contributed by atoms with Gasteiger partial charge in [-0.1, -0.05) is 0 Å². The van der Waals surface area contributed by atoms with Gasteiger partial charge in [0.25, 0.3) is 11.5 Å². The van der Waals surface area contributed by atoms with Gasteiger partial charge in [-0.15, -0.1) is 0 Å². The first kappa shape index (κ1) is 19.0. The van der Waals surface area contributed by atoms with Gasteiger partial charge in [0.15, 0.2) is 4.90 Å². The maximum Gasteiger partial charge on any atom is 0.325 e. The first-order chi connectivity index (χ1) is 12.7. The lowest BCUT2D eigenvalue weighted by molar-refractivity contribution is 0.0697. The summed E-state index contributed by atoms with van der Waals surface area (Å²) in [6.45, 7) is 1.56. The molecule has 11 heteroatoms. The van der Waals surface area contributed by atoms with E-state index < -0.39 is 32.0 Å². The number of nitrogens with zero attached hydrogens (tertiary/aromatic N) is 2. The monoisotopic (exact) mass is 396 g/mol. The van der Waals surface area contributed by atoms with Crippen LogP contribution in [0.15, 0.2) is 38.8 Å². The molecule has 1 fully saturated rings. The highest BCUT2D eigenvalue weighted by molar-refractivity contribution is 7.89. The number of hydrogen-bond acceptors (Lipinski definition) is 5. The van der Waals surface area contributed by atoms with Crippen LogP contribution < -0.4 is 11.2 Å². The largest absolute Gasteiger partial charge is 0.336 e. The molecule has 0 saturated carbocycles. The minimum absolute atomic E-state index is 0.00667. The molecule has 9 nitrogen and oxygen atoms in total. The van der Waals surface area contributed by atoms with Crippen molar-refractivity contribution in [1.29, 1.82) is 0 Å². The Hall–Kier alpha value is -2.79. The smallest absolute Gasteiger partial charge is 0.325 e. The lowest BCUT2D eigenvalue weighted by Crippen LogP contribution is -2.51. The van der Waals surface area contributed by atoms with E-state index in [9.17, 15) is 27.2 Å². The highest BCUT2D eigenvalue weighted by Crippen LogP contribution is 2.17. The van der Waals surface area contributed by atoms with E-state index >= 15 is 0 Å². The number of aromatic nitrogens is 2. The third-order valence-electron chi connectivity index (χ3n) is 4.29. The minimum Gasteiger partial charge on any atom is -0.336 e. The Morgan fingerprint density at radius 1 is 1.04 bits per heavy atom. The number of nitrogens with one attached hydrogen (secondary N) is 2. The molecule has 1 aliphatic rings. The van der Waals surface area contributed by atoms with Gasteiger partial charge < -0.3 is 9.88 Å². The van der Waals surface area contributed by atoms with E-state index in [1.807, 2.05) is 4.98 Å². The first-order valence-electron chi connectivity index (χ1n) is 8.08. The van der Waals surface area contributed by atoms with E-state index in [0.717, 1.165) is 4.31 Å². The van der Waals surface area contributed by atoms with Crippen LogP contribution in [0.3, 0.4) is 0 Å². The Balaban J connectivity index is 1.77. The van der Waals surface area contributed by atoms with Crippen molar-refractivity contribution in [3.05, 3.63) is 62.2 Å². The number of aromatic amines is 2. The van der Waals surface area contributed by atoms with Crippen LogP contribution in [0.25, 0.3) is 0 Å². The van der Waals surface area contributed by atoms with Crippen LogP contribution in [0.4, 0.5) is 4.39 Å². The molecule has 144 valence electrons. The minimum atomic E-state index is -4.13. The van der Waals surface area contributed by atoms with Crippen molar-refractivity contribution in [3.63, 3.8) is 0 Å². The molecule has 27 heavy (non-hydrogen) atoms. The van der Waals surface area contributed by atoms with Crippen LogP contribution >= 0.6 is 0 Å². The number of carbonyl (C=O) groups excluding carboxylic acids is 1. The maximum absolute atomic E-state index is 13.0. The van der Waals surface area contributed by atoms with Crippen molar-refractivity contribution < 1.29 is 17.6 Å². The molecule has 0 bridgehead atoms. The summed E-state index contributed by atoms with van der Waals surface area (Å²) in [5.74, 6) is -0.783. The summed E-state index contributed by atoms with van der Waals surface area (Å²) in [7, 11) is -4.13. The first-order valence-corrected chi connectivity index (χ1v) is 9.52. The number of aryl methyl sites for hydroxylation is 1. The van der Waals surface area contributed by atoms with Gasteiger partial charge in [-0.3, -0.25) is 14.6 Å². The number of rotatable bonds is 3. The Morgan fingerprint density at radius 2 is 1.63 bits per heavy atom. The number of benzene rings is 1. The lowest BCUT2D eigenvalue weighted by atomic mass is 10.2. The quantitative estimate of drug-likeness (QED) is 0.735. The molecule has 1 aliphatic heterocycles. The normalized spacial score (nSPS) is 15.7. The van der Waals surface area contributed by atoms with Crippen LogP contribution in [-0.2, 0) is 10.0 Å². The standard InChI is InChI=1S/C16H17FN4O5S/c1-10-13(14(22)19-16(24)18-10)27(25,26)21-8-6-20(7-9-21)15(23)11-2-4-12(17)5-3-11/h2-5H,6-9H2,1H3,(H2,18,19,22,24). The Morgan fingerprint density at radius 3 is 2.19 bits per heavy atom. The molecule has 0 radical (unpaired) electrons. The summed E-state index contributed by atoms with van der Waals surface area (Å²) >= 11 is 0. The van der Waals surface area contributed by atoms with Gasteiger partial charge in [-0.05, 0) is 31.2 Å². The number of piperazine rings is 1. The average molecular weight is 396 g/mol. The van der Waals surface area contributed by atoms with Crippen LogP contribution in [0.1, 0.15) is 16.1 Å². The number of halogens is 1. The number of carbonyl (C=O) groups is 1. The fourth-order valence-electron chi connectivity index (χ4n) is 2.93. The highest BCUT2D eigenvalue weighted by Gasteiger charge is 2.33. The molecular weight excluding hydrogens is 379 g/mol. The van der Waals surface area contributed by atoms with Crippen molar-refractivity contribution in [2.24, 2.45) is 0 Å². The van der Waals surface area contributed by atoms with Crippen LogP contribution in [-0.4, -0.2) is 59.7 Å². The molecule has 3 rings (SSSR count). The Labute approximate surface area is 153 Å². The Kier molecular flexibility index (Phi) is 4.98. The van der Waals surface area contributed by atoms with Gasteiger partial charge in [0, 0.05) is 37.4 Å². The second kappa shape index (κ2) is 7.08. The van der Waals surface area contributed by atoms with Crippen molar-refractivity contribution in [3.8, 4) is 0 Å². The molecular formula is C16H17FN4O5S. The average Bonchev–Trinajstić information content (AvgIpc) is 2.61. The molecule has 2 aromatic rings. The predicted octanol–water partition coefficient (Wildman–Crippen LogP) is -0.343. The summed E-state index contributed by atoms with van der Waals surface area (Å²) in [5, 5.41) is 0. The Bertz CT molecular complexity index is 1080. The van der Waals surface area contributed by atoms with Gasteiger partial charge in [-0.2, -0.15) is 4.31 Å². The van der Waals surface area contributed by atoms with Gasteiger partial charge in [0.05, 0.1) is 0 Å². The van der Waals surface area contributed by atoms with Crippen LogP contribution in [0, 0.1) is 12.7 Å². The fourth-order valence-corrected chi connectivity index (χ4v) is 4.56. The van der Waals surface area contributed by atoms with E-state index in [2.05, 4.69) is 4.98 Å². The molecule has 1 amide bonds. The number of sulfonamides is 1. The molecule has 1 aromatic heterocycles. The van der Waals surface area contributed by atoms with Crippen LogP contribution in [0.5, 0.6) is 0 Å². The third kappa shape index (κ3) is 3.69. The third-order valence-corrected chi connectivity index (χ3v) is 6.34. The van der Waals surface area contributed by atoms with E-state index in [1.165, 1.54) is 36.1 Å². The molecule has 2 N–H and O–H groups in total. The highest BCUT2D eigenvalue weighted by atomic mass is 32.2.